The van der Waals surface area contributed by atoms with Gasteiger partial charge < -0.3 is 4.57 Å². The molecule has 2 N–H and O–H groups in total. The second kappa shape index (κ2) is 6.69. The van der Waals surface area contributed by atoms with Gasteiger partial charge in [0.05, 0.1) is 0 Å². The Morgan fingerprint density at radius 2 is 1.91 bits per heavy atom. The first kappa shape index (κ1) is 15.5. The molecule has 2 rings (SSSR count). The van der Waals surface area contributed by atoms with Gasteiger partial charge in [-0.1, -0.05) is 43.0 Å². The van der Waals surface area contributed by atoms with Gasteiger partial charge in [0.15, 0.2) is 5.78 Å². The summed E-state index contributed by atoms with van der Waals surface area (Å²) in [4.78, 5) is 23.8. The third-order valence-electron chi connectivity index (χ3n) is 3.23. The number of nitrogens with zero attached hydrogens (tertiary/aromatic N) is 1. The maximum atomic E-state index is 12.4. The van der Waals surface area contributed by atoms with Gasteiger partial charge in [-0.25, -0.2) is 5.48 Å². The highest BCUT2D eigenvalue weighted by molar-refractivity contribution is 6.09. The molecule has 1 aromatic carbocycles. The highest BCUT2D eigenvalue weighted by Gasteiger charge is 2.13. The van der Waals surface area contributed by atoms with E-state index in [1.807, 2.05) is 6.07 Å². The number of rotatable bonds is 5. The van der Waals surface area contributed by atoms with Gasteiger partial charge in [-0.05, 0) is 12.1 Å². The summed E-state index contributed by atoms with van der Waals surface area (Å²) in [5.41, 5.74) is 3.52. The van der Waals surface area contributed by atoms with Gasteiger partial charge in [0.25, 0.3) is 5.91 Å². The third kappa shape index (κ3) is 3.21. The Morgan fingerprint density at radius 3 is 2.50 bits per heavy atom. The van der Waals surface area contributed by atoms with Crippen LogP contribution in [-0.2, 0) is 11.8 Å². The lowest BCUT2D eigenvalue weighted by atomic mass is 10.1. The van der Waals surface area contributed by atoms with Crippen LogP contribution in [0.4, 0.5) is 0 Å². The summed E-state index contributed by atoms with van der Waals surface area (Å²) < 4.78 is 1.73. The van der Waals surface area contributed by atoms with Crippen molar-refractivity contribution in [2.45, 2.75) is 0 Å². The number of nitrogens with one attached hydrogen (secondary N) is 1. The monoisotopic (exact) mass is 296 g/mol. The van der Waals surface area contributed by atoms with Crippen molar-refractivity contribution < 1.29 is 14.8 Å². The van der Waals surface area contributed by atoms with Crippen LogP contribution in [0, 0.1) is 0 Å². The summed E-state index contributed by atoms with van der Waals surface area (Å²) >= 11 is 0. The SMILES string of the molecule is C=C/C(=C\c1cc(C(=O)c2ccccc2)cn1C)C(=O)NO. The predicted molar refractivity (Wildman–Crippen MR) is 83.4 cm³/mol. The largest absolute Gasteiger partial charge is 0.350 e. The Morgan fingerprint density at radius 1 is 1.23 bits per heavy atom. The second-order valence-corrected chi connectivity index (χ2v) is 4.70. The van der Waals surface area contributed by atoms with Crippen molar-refractivity contribution in [3.05, 3.63) is 77.6 Å². The molecule has 1 heterocycles. The zero-order chi connectivity index (χ0) is 16.1. The summed E-state index contributed by atoms with van der Waals surface area (Å²) in [6.45, 7) is 3.53. The molecule has 0 saturated carbocycles. The molecular weight excluding hydrogens is 280 g/mol. The lowest BCUT2D eigenvalue weighted by molar-refractivity contribution is -0.124. The number of hydroxylamine groups is 1. The molecule has 1 aromatic heterocycles. The quantitative estimate of drug-likeness (QED) is 0.292. The fourth-order valence-electron chi connectivity index (χ4n) is 2.05. The summed E-state index contributed by atoms with van der Waals surface area (Å²) in [6.07, 6.45) is 4.57. The number of ketones is 1. The maximum Gasteiger partial charge on any atom is 0.274 e. The number of amides is 1. The van der Waals surface area contributed by atoms with E-state index in [2.05, 4.69) is 6.58 Å². The second-order valence-electron chi connectivity index (χ2n) is 4.70. The van der Waals surface area contributed by atoms with Crippen LogP contribution in [0.5, 0.6) is 0 Å². The molecule has 5 nitrogen and oxygen atoms in total. The van der Waals surface area contributed by atoms with E-state index in [4.69, 9.17) is 5.21 Å². The Balaban J connectivity index is 2.36. The number of aromatic nitrogens is 1. The van der Waals surface area contributed by atoms with E-state index in [0.717, 1.165) is 0 Å². The van der Waals surface area contributed by atoms with E-state index in [1.165, 1.54) is 6.08 Å². The van der Waals surface area contributed by atoms with Gasteiger partial charge in [0.1, 0.15) is 0 Å². The standard InChI is InChI=1S/C17H16N2O3/c1-3-12(17(21)18-22)9-15-10-14(11-19(15)2)16(20)13-7-5-4-6-8-13/h3-11,22H,1H2,2H3,(H,18,21)/b12-9+. The van der Waals surface area contributed by atoms with Crippen molar-refractivity contribution in [2.24, 2.45) is 7.05 Å². The van der Waals surface area contributed by atoms with Gasteiger partial charge in [0, 0.05) is 35.6 Å². The van der Waals surface area contributed by atoms with Gasteiger partial charge in [0.2, 0.25) is 0 Å². The van der Waals surface area contributed by atoms with Crippen LogP contribution >= 0.6 is 0 Å². The molecule has 112 valence electrons. The molecule has 1 amide bonds. The molecule has 2 aromatic rings. The molecule has 0 radical (unpaired) electrons. The van der Waals surface area contributed by atoms with Gasteiger partial charge in [-0.15, -0.1) is 0 Å². The smallest absolute Gasteiger partial charge is 0.274 e. The molecule has 0 bridgehead atoms. The fourth-order valence-corrected chi connectivity index (χ4v) is 2.05. The first-order valence-corrected chi connectivity index (χ1v) is 6.61. The molecule has 0 spiro atoms. The van der Waals surface area contributed by atoms with Crippen LogP contribution in [0.1, 0.15) is 21.6 Å². The molecular formula is C17H16N2O3. The van der Waals surface area contributed by atoms with E-state index < -0.39 is 5.91 Å². The molecule has 0 fully saturated rings. The Kier molecular flexibility index (Phi) is 4.70. The highest BCUT2D eigenvalue weighted by Crippen LogP contribution is 2.16. The van der Waals surface area contributed by atoms with Crippen molar-refractivity contribution in [3.63, 3.8) is 0 Å². The van der Waals surface area contributed by atoms with Crippen LogP contribution in [0.3, 0.4) is 0 Å². The van der Waals surface area contributed by atoms with E-state index in [1.54, 1.807) is 59.7 Å². The van der Waals surface area contributed by atoms with Gasteiger partial charge >= 0.3 is 0 Å². The fraction of sp³-hybridized carbons (Fsp3) is 0.0588. The first-order chi connectivity index (χ1) is 10.6. The average molecular weight is 296 g/mol. The minimum absolute atomic E-state index is 0.0948. The number of hydrogen-bond acceptors (Lipinski definition) is 3. The van der Waals surface area contributed by atoms with E-state index in [-0.39, 0.29) is 11.4 Å². The molecule has 0 aliphatic carbocycles. The van der Waals surface area contributed by atoms with Gasteiger partial charge in [-0.2, -0.15) is 0 Å². The topological polar surface area (TPSA) is 71.3 Å². The molecule has 0 unspecified atom stereocenters. The van der Waals surface area contributed by atoms with Crippen molar-refractivity contribution in [1.82, 2.24) is 10.0 Å². The number of carbonyl (C=O) groups excluding carboxylic acids is 2. The first-order valence-electron chi connectivity index (χ1n) is 6.61. The number of hydrogen-bond donors (Lipinski definition) is 2. The summed E-state index contributed by atoms with van der Waals surface area (Å²) in [5.74, 6) is -0.755. The van der Waals surface area contributed by atoms with Crippen LogP contribution < -0.4 is 5.48 Å². The molecule has 0 saturated heterocycles. The average Bonchev–Trinajstić information content (AvgIpc) is 2.92. The maximum absolute atomic E-state index is 12.4. The van der Waals surface area contributed by atoms with Crippen molar-refractivity contribution in [3.8, 4) is 0 Å². The molecule has 22 heavy (non-hydrogen) atoms. The highest BCUT2D eigenvalue weighted by atomic mass is 16.5. The third-order valence-corrected chi connectivity index (χ3v) is 3.23. The van der Waals surface area contributed by atoms with Gasteiger partial charge in [-0.3, -0.25) is 14.8 Å². The number of aryl methyl sites for hydroxylation is 1. The summed E-state index contributed by atoms with van der Waals surface area (Å²) in [7, 11) is 1.77. The minimum atomic E-state index is -0.660. The summed E-state index contributed by atoms with van der Waals surface area (Å²) in [6, 6.07) is 10.6. The van der Waals surface area contributed by atoms with E-state index in [0.29, 0.717) is 16.8 Å². The lowest BCUT2D eigenvalue weighted by Crippen LogP contribution is -2.19. The Labute approximate surface area is 128 Å². The predicted octanol–water partition coefficient (Wildman–Crippen LogP) is 2.33. The number of carbonyl (C=O) groups is 2. The van der Waals surface area contributed by atoms with Crippen molar-refractivity contribution >= 4 is 17.8 Å². The Bertz CT molecular complexity index is 743. The van der Waals surface area contributed by atoms with Crippen LogP contribution in [0.25, 0.3) is 6.08 Å². The zero-order valence-corrected chi connectivity index (χ0v) is 12.1. The zero-order valence-electron chi connectivity index (χ0n) is 12.1. The summed E-state index contributed by atoms with van der Waals surface area (Å²) in [5, 5.41) is 8.68. The van der Waals surface area contributed by atoms with Crippen LogP contribution in [-0.4, -0.2) is 21.5 Å². The normalized spacial score (nSPS) is 11.1. The molecule has 5 heteroatoms. The van der Waals surface area contributed by atoms with E-state index >= 15 is 0 Å². The van der Waals surface area contributed by atoms with Crippen LogP contribution in [0.2, 0.25) is 0 Å². The number of benzene rings is 1. The lowest BCUT2D eigenvalue weighted by Gasteiger charge is -2.00. The molecule has 0 aliphatic heterocycles. The minimum Gasteiger partial charge on any atom is -0.350 e. The van der Waals surface area contributed by atoms with Crippen molar-refractivity contribution in [1.29, 1.82) is 0 Å². The Hall–Kier alpha value is -2.92. The van der Waals surface area contributed by atoms with E-state index in [9.17, 15) is 9.59 Å². The molecule has 0 aliphatic rings. The van der Waals surface area contributed by atoms with Crippen molar-refractivity contribution in [2.75, 3.05) is 0 Å². The van der Waals surface area contributed by atoms with Crippen LogP contribution in [0.15, 0.2) is 60.8 Å². The molecule has 0 atom stereocenters.